The molecule has 0 fully saturated rings. The maximum Gasteiger partial charge on any atom is 0.343 e. The van der Waals surface area contributed by atoms with Crippen LogP contribution in [0.15, 0.2) is 36.4 Å². The van der Waals surface area contributed by atoms with Crippen LogP contribution < -0.4 is 4.74 Å². The standard InChI is InChI=1S/C16H12Cl2O3/c1-9-6-12(15(18)19)7-10(2)14(9)21-16(20)11-4-3-5-13(17)8-11/h3-8H,1-2H3. The van der Waals surface area contributed by atoms with Gasteiger partial charge in [-0.3, -0.25) is 4.79 Å². The van der Waals surface area contributed by atoms with Crippen LogP contribution in [0.5, 0.6) is 5.75 Å². The maximum atomic E-state index is 12.1. The zero-order valence-electron chi connectivity index (χ0n) is 11.4. The van der Waals surface area contributed by atoms with E-state index in [1.54, 1.807) is 44.2 Å². The molecule has 0 saturated heterocycles. The third-order valence-electron chi connectivity index (χ3n) is 2.94. The van der Waals surface area contributed by atoms with Gasteiger partial charge in [0, 0.05) is 10.6 Å². The highest BCUT2D eigenvalue weighted by atomic mass is 35.5. The second kappa shape index (κ2) is 6.29. The van der Waals surface area contributed by atoms with Gasteiger partial charge in [0.1, 0.15) is 5.75 Å². The second-order valence-corrected chi connectivity index (χ2v) is 5.39. The predicted octanol–water partition coefficient (Wildman–Crippen LogP) is 4.56. The summed E-state index contributed by atoms with van der Waals surface area (Å²) in [4.78, 5) is 23.3. The predicted molar refractivity (Wildman–Crippen MR) is 82.5 cm³/mol. The fourth-order valence-corrected chi connectivity index (χ4v) is 2.29. The van der Waals surface area contributed by atoms with Gasteiger partial charge in [0.25, 0.3) is 5.24 Å². The topological polar surface area (TPSA) is 43.4 Å². The average Bonchev–Trinajstić information content (AvgIpc) is 2.42. The lowest BCUT2D eigenvalue weighted by atomic mass is 10.1. The van der Waals surface area contributed by atoms with Crippen molar-refractivity contribution in [3.05, 3.63) is 63.7 Å². The second-order valence-electron chi connectivity index (χ2n) is 4.61. The molecule has 0 amide bonds. The number of ether oxygens (including phenoxy) is 1. The molecule has 0 saturated carbocycles. The van der Waals surface area contributed by atoms with Gasteiger partial charge >= 0.3 is 5.97 Å². The SMILES string of the molecule is Cc1cc(C(=O)Cl)cc(C)c1OC(=O)c1cccc(Cl)c1. The molecule has 0 aromatic heterocycles. The van der Waals surface area contributed by atoms with Crippen LogP contribution in [0.25, 0.3) is 0 Å². The van der Waals surface area contributed by atoms with E-state index in [2.05, 4.69) is 0 Å². The molecule has 21 heavy (non-hydrogen) atoms. The third-order valence-corrected chi connectivity index (χ3v) is 3.40. The average molecular weight is 323 g/mol. The zero-order chi connectivity index (χ0) is 15.6. The van der Waals surface area contributed by atoms with Crippen LogP contribution in [0, 0.1) is 13.8 Å². The van der Waals surface area contributed by atoms with Gasteiger partial charge in [-0.05, 0) is 66.9 Å². The van der Waals surface area contributed by atoms with E-state index in [0.717, 1.165) is 0 Å². The van der Waals surface area contributed by atoms with E-state index in [1.165, 1.54) is 6.07 Å². The molecular formula is C16H12Cl2O3. The largest absolute Gasteiger partial charge is 0.422 e. The van der Waals surface area contributed by atoms with E-state index in [9.17, 15) is 9.59 Å². The molecule has 0 aliphatic carbocycles. The Kier molecular flexibility index (Phi) is 4.66. The minimum absolute atomic E-state index is 0.360. The van der Waals surface area contributed by atoms with E-state index in [0.29, 0.717) is 33.0 Å². The monoisotopic (exact) mass is 322 g/mol. The number of benzene rings is 2. The Morgan fingerprint density at radius 2 is 1.62 bits per heavy atom. The van der Waals surface area contributed by atoms with Crippen LogP contribution in [0.3, 0.4) is 0 Å². The summed E-state index contributed by atoms with van der Waals surface area (Å²) in [5.74, 6) is -0.0877. The van der Waals surface area contributed by atoms with Crippen molar-refractivity contribution in [2.24, 2.45) is 0 Å². The van der Waals surface area contributed by atoms with Gasteiger partial charge in [-0.15, -0.1) is 0 Å². The molecule has 0 spiro atoms. The molecule has 108 valence electrons. The van der Waals surface area contributed by atoms with Crippen molar-refractivity contribution in [1.29, 1.82) is 0 Å². The lowest BCUT2D eigenvalue weighted by molar-refractivity contribution is 0.0732. The normalized spacial score (nSPS) is 10.3. The summed E-state index contributed by atoms with van der Waals surface area (Å²) in [7, 11) is 0. The molecule has 2 rings (SSSR count). The van der Waals surface area contributed by atoms with Crippen molar-refractivity contribution >= 4 is 34.4 Å². The number of halogens is 2. The molecule has 0 atom stereocenters. The van der Waals surface area contributed by atoms with E-state index < -0.39 is 11.2 Å². The molecule has 0 radical (unpaired) electrons. The smallest absolute Gasteiger partial charge is 0.343 e. The first-order chi connectivity index (χ1) is 9.88. The summed E-state index contributed by atoms with van der Waals surface area (Å²) in [6, 6.07) is 9.68. The van der Waals surface area contributed by atoms with E-state index in [1.807, 2.05) is 0 Å². The van der Waals surface area contributed by atoms with Gasteiger partial charge in [-0.2, -0.15) is 0 Å². The third kappa shape index (κ3) is 3.63. The molecule has 0 N–H and O–H groups in total. The van der Waals surface area contributed by atoms with Crippen LogP contribution in [0.2, 0.25) is 5.02 Å². The Bertz CT molecular complexity index is 700. The number of hydrogen-bond acceptors (Lipinski definition) is 3. The fourth-order valence-electron chi connectivity index (χ4n) is 1.99. The lowest BCUT2D eigenvalue weighted by Gasteiger charge is -2.11. The van der Waals surface area contributed by atoms with Gasteiger partial charge in [0.15, 0.2) is 0 Å². The number of hydrogen-bond donors (Lipinski definition) is 0. The Morgan fingerprint density at radius 3 is 2.14 bits per heavy atom. The molecule has 0 bridgehead atoms. The van der Waals surface area contributed by atoms with Crippen LogP contribution in [-0.2, 0) is 0 Å². The molecule has 2 aromatic carbocycles. The number of carbonyl (C=O) groups is 2. The first-order valence-corrected chi connectivity index (χ1v) is 6.93. The number of esters is 1. The molecule has 0 aliphatic heterocycles. The maximum absolute atomic E-state index is 12.1. The molecule has 2 aromatic rings. The van der Waals surface area contributed by atoms with Gasteiger partial charge in [-0.1, -0.05) is 17.7 Å². The summed E-state index contributed by atoms with van der Waals surface area (Å²) in [6.45, 7) is 3.49. The Labute approximate surface area is 132 Å². The highest BCUT2D eigenvalue weighted by Gasteiger charge is 2.15. The Morgan fingerprint density at radius 1 is 1.00 bits per heavy atom. The fraction of sp³-hybridized carbons (Fsp3) is 0.125. The van der Waals surface area contributed by atoms with E-state index in [-0.39, 0.29) is 0 Å². The summed E-state index contributed by atoms with van der Waals surface area (Å²) in [5, 5.41) is -0.0881. The van der Waals surface area contributed by atoms with Crippen LogP contribution >= 0.6 is 23.2 Å². The Balaban J connectivity index is 2.32. The van der Waals surface area contributed by atoms with Gasteiger partial charge in [0.05, 0.1) is 5.56 Å². The molecule has 0 unspecified atom stereocenters. The first kappa shape index (κ1) is 15.5. The van der Waals surface area contributed by atoms with Gasteiger partial charge in [0.2, 0.25) is 0 Å². The van der Waals surface area contributed by atoms with Crippen LogP contribution in [0.1, 0.15) is 31.8 Å². The van der Waals surface area contributed by atoms with Crippen molar-refractivity contribution in [2.75, 3.05) is 0 Å². The minimum Gasteiger partial charge on any atom is -0.422 e. The molecule has 0 heterocycles. The number of aryl methyl sites for hydroxylation is 2. The lowest BCUT2D eigenvalue weighted by Crippen LogP contribution is -2.10. The molecular weight excluding hydrogens is 311 g/mol. The van der Waals surface area contributed by atoms with Crippen molar-refractivity contribution in [3.63, 3.8) is 0 Å². The highest BCUT2D eigenvalue weighted by molar-refractivity contribution is 6.67. The van der Waals surface area contributed by atoms with Gasteiger partial charge in [-0.25, -0.2) is 4.79 Å². The zero-order valence-corrected chi connectivity index (χ0v) is 13.0. The summed E-state index contributed by atoms with van der Waals surface area (Å²) < 4.78 is 5.40. The van der Waals surface area contributed by atoms with E-state index in [4.69, 9.17) is 27.9 Å². The van der Waals surface area contributed by atoms with Crippen molar-refractivity contribution in [2.45, 2.75) is 13.8 Å². The van der Waals surface area contributed by atoms with E-state index >= 15 is 0 Å². The quantitative estimate of drug-likeness (QED) is 0.473. The molecule has 5 heteroatoms. The Hall–Kier alpha value is -1.84. The van der Waals surface area contributed by atoms with Crippen LogP contribution in [-0.4, -0.2) is 11.2 Å². The van der Waals surface area contributed by atoms with Crippen molar-refractivity contribution in [1.82, 2.24) is 0 Å². The summed E-state index contributed by atoms with van der Waals surface area (Å²) >= 11 is 11.3. The summed E-state index contributed by atoms with van der Waals surface area (Å²) in [6.07, 6.45) is 0. The van der Waals surface area contributed by atoms with Crippen LogP contribution in [0.4, 0.5) is 0 Å². The highest BCUT2D eigenvalue weighted by Crippen LogP contribution is 2.26. The first-order valence-electron chi connectivity index (χ1n) is 6.17. The molecule has 3 nitrogen and oxygen atoms in total. The van der Waals surface area contributed by atoms with Gasteiger partial charge < -0.3 is 4.74 Å². The minimum atomic E-state index is -0.547. The number of rotatable bonds is 3. The molecule has 0 aliphatic rings. The van der Waals surface area contributed by atoms with Crippen molar-refractivity contribution in [3.8, 4) is 5.75 Å². The van der Waals surface area contributed by atoms with Crippen molar-refractivity contribution < 1.29 is 14.3 Å². The summed E-state index contributed by atoms with van der Waals surface area (Å²) in [5.41, 5.74) is 2.05. The number of carbonyl (C=O) groups excluding carboxylic acids is 2.